The Morgan fingerprint density at radius 1 is 1.80 bits per heavy atom. The van der Waals surface area contributed by atoms with Gasteiger partial charge in [0.1, 0.15) is 5.82 Å². The van der Waals surface area contributed by atoms with E-state index in [-0.39, 0.29) is 6.54 Å². The number of nitrogens with one attached hydrogen (secondary N) is 1. The highest BCUT2D eigenvalue weighted by Gasteiger charge is 1.94. The van der Waals surface area contributed by atoms with Crippen molar-refractivity contribution in [2.75, 3.05) is 0 Å². The standard InChI is InChI=1S/C4H6N6/c1-3-7-4(9-8-3)2-6-10-5/h2H2,1H3,(H,7,8,9). The Labute approximate surface area is 56.9 Å². The van der Waals surface area contributed by atoms with Crippen LogP contribution < -0.4 is 0 Å². The first kappa shape index (κ1) is 6.57. The van der Waals surface area contributed by atoms with Gasteiger partial charge < -0.3 is 0 Å². The number of rotatable bonds is 2. The molecule has 0 aliphatic heterocycles. The zero-order chi connectivity index (χ0) is 7.40. The summed E-state index contributed by atoms with van der Waals surface area (Å²) in [6, 6.07) is 0. The van der Waals surface area contributed by atoms with Crippen molar-refractivity contribution in [3.8, 4) is 0 Å². The van der Waals surface area contributed by atoms with Crippen LogP contribution in [-0.4, -0.2) is 15.2 Å². The molecule has 10 heavy (non-hydrogen) atoms. The fourth-order valence-electron chi connectivity index (χ4n) is 0.555. The van der Waals surface area contributed by atoms with Crippen molar-refractivity contribution in [3.63, 3.8) is 0 Å². The third-order valence-electron chi connectivity index (χ3n) is 0.919. The largest absolute Gasteiger partial charge is 0.263 e. The van der Waals surface area contributed by atoms with Crippen molar-refractivity contribution in [2.24, 2.45) is 5.11 Å². The van der Waals surface area contributed by atoms with Gasteiger partial charge in [-0.2, -0.15) is 5.10 Å². The molecule has 0 aromatic carbocycles. The van der Waals surface area contributed by atoms with E-state index >= 15 is 0 Å². The van der Waals surface area contributed by atoms with E-state index in [2.05, 4.69) is 25.2 Å². The fourth-order valence-corrected chi connectivity index (χ4v) is 0.555. The lowest BCUT2D eigenvalue weighted by Crippen LogP contribution is -1.82. The maximum atomic E-state index is 7.93. The van der Waals surface area contributed by atoms with Gasteiger partial charge in [0.15, 0.2) is 5.82 Å². The summed E-state index contributed by atoms with van der Waals surface area (Å²) in [6.45, 7) is 1.99. The lowest BCUT2D eigenvalue weighted by molar-refractivity contribution is 0.908. The van der Waals surface area contributed by atoms with Crippen LogP contribution in [-0.2, 0) is 6.54 Å². The quantitative estimate of drug-likeness (QED) is 0.374. The minimum absolute atomic E-state index is 0.209. The van der Waals surface area contributed by atoms with E-state index in [9.17, 15) is 0 Å². The molecular weight excluding hydrogens is 132 g/mol. The van der Waals surface area contributed by atoms with Crippen LogP contribution in [0.5, 0.6) is 0 Å². The monoisotopic (exact) mass is 138 g/mol. The van der Waals surface area contributed by atoms with E-state index in [1.807, 2.05) is 0 Å². The molecule has 1 heterocycles. The molecule has 0 radical (unpaired) electrons. The Bertz CT molecular complexity index is 256. The Morgan fingerprint density at radius 2 is 2.60 bits per heavy atom. The van der Waals surface area contributed by atoms with E-state index in [1.54, 1.807) is 6.92 Å². The summed E-state index contributed by atoms with van der Waals surface area (Å²) in [4.78, 5) is 6.49. The minimum atomic E-state index is 0.209. The lowest BCUT2D eigenvalue weighted by Gasteiger charge is -1.77. The molecule has 0 atom stereocenters. The molecule has 0 amide bonds. The second kappa shape index (κ2) is 2.84. The minimum Gasteiger partial charge on any atom is -0.263 e. The SMILES string of the molecule is Cc1nc(CN=[N+]=[N-])n[nH]1. The van der Waals surface area contributed by atoms with Crippen LogP contribution >= 0.6 is 0 Å². The highest BCUT2D eigenvalue weighted by Crippen LogP contribution is 1.91. The molecule has 6 nitrogen and oxygen atoms in total. The second-order valence-corrected chi connectivity index (χ2v) is 1.73. The predicted octanol–water partition coefficient (Wildman–Crippen LogP) is 0.923. The summed E-state index contributed by atoms with van der Waals surface area (Å²) in [5.41, 5.74) is 7.93. The topological polar surface area (TPSA) is 90.3 Å². The first-order chi connectivity index (χ1) is 4.83. The normalized spacial score (nSPS) is 8.90. The number of H-pyrrole nitrogens is 1. The molecule has 0 aliphatic rings. The Kier molecular flexibility index (Phi) is 1.86. The summed E-state index contributed by atoms with van der Waals surface area (Å²) < 4.78 is 0. The van der Waals surface area contributed by atoms with Gasteiger partial charge in [-0.15, -0.1) is 0 Å². The van der Waals surface area contributed by atoms with Gasteiger partial charge in [0.05, 0.1) is 6.54 Å². The van der Waals surface area contributed by atoms with E-state index in [0.29, 0.717) is 5.82 Å². The molecule has 0 unspecified atom stereocenters. The predicted molar refractivity (Wildman–Crippen MR) is 34.0 cm³/mol. The van der Waals surface area contributed by atoms with Crippen molar-refractivity contribution >= 4 is 0 Å². The molecule has 1 aromatic rings. The van der Waals surface area contributed by atoms with Gasteiger partial charge in [-0.3, -0.25) is 5.10 Å². The van der Waals surface area contributed by atoms with E-state index in [0.717, 1.165) is 5.82 Å². The molecule has 1 N–H and O–H groups in total. The van der Waals surface area contributed by atoms with Crippen molar-refractivity contribution < 1.29 is 0 Å². The van der Waals surface area contributed by atoms with Gasteiger partial charge in [0.25, 0.3) is 0 Å². The molecule has 1 rings (SSSR count). The van der Waals surface area contributed by atoms with Gasteiger partial charge in [0.2, 0.25) is 0 Å². The number of azide groups is 1. The van der Waals surface area contributed by atoms with Gasteiger partial charge in [0, 0.05) is 4.91 Å². The van der Waals surface area contributed by atoms with Gasteiger partial charge >= 0.3 is 0 Å². The van der Waals surface area contributed by atoms with Crippen LogP contribution in [0.1, 0.15) is 11.6 Å². The van der Waals surface area contributed by atoms with Gasteiger partial charge in [-0.05, 0) is 12.5 Å². The number of aromatic nitrogens is 3. The fraction of sp³-hybridized carbons (Fsp3) is 0.500. The maximum absolute atomic E-state index is 7.93. The third kappa shape index (κ3) is 1.46. The average molecular weight is 138 g/mol. The molecule has 0 saturated heterocycles. The van der Waals surface area contributed by atoms with Crippen LogP contribution in [0.3, 0.4) is 0 Å². The van der Waals surface area contributed by atoms with Crippen molar-refractivity contribution in [3.05, 3.63) is 22.1 Å². The van der Waals surface area contributed by atoms with Crippen LogP contribution in [0.15, 0.2) is 5.11 Å². The summed E-state index contributed by atoms with van der Waals surface area (Å²) in [5.74, 6) is 1.25. The van der Waals surface area contributed by atoms with Crippen LogP contribution in [0.25, 0.3) is 10.4 Å². The second-order valence-electron chi connectivity index (χ2n) is 1.73. The Morgan fingerprint density at radius 3 is 3.10 bits per heavy atom. The van der Waals surface area contributed by atoms with Crippen LogP contribution in [0.2, 0.25) is 0 Å². The highest BCUT2D eigenvalue weighted by molar-refractivity contribution is 4.86. The molecule has 0 saturated carbocycles. The first-order valence-corrected chi connectivity index (χ1v) is 2.71. The molecule has 0 aliphatic carbocycles. The Balaban J connectivity index is 2.66. The Hall–Kier alpha value is -1.55. The number of hydrogen-bond donors (Lipinski definition) is 1. The average Bonchev–Trinajstić information content (AvgIpc) is 2.31. The molecular formula is C4H6N6. The van der Waals surface area contributed by atoms with Crippen molar-refractivity contribution in [2.45, 2.75) is 13.5 Å². The lowest BCUT2D eigenvalue weighted by atomic mass is 10.6. The van der Waals surface area contributed by atoms with E-state index in [1.165, 1.54) is 0 Å². The summed E-state index contributed by atoms with van der Waals surface area (Å²) in [7, 11) is 0. The zero-order valence-electron chi connectivity index (χ0n) is 5.44. The highest BCUT2D eigenvalue weighted by atomic mass is 15.2. The number of aromatic amines is 1. The van der Waals surface area contributed by atoms with Crippen LogP contribution in [0.4, 0.5) is 0 Å². The van der Waals surface area contributed by atoms with E-state index in [4.69, 9.17) is 5.53 Å². The maximum Gasteiger partial charge on any atom is 0.156 e. The number of aryl methyl sites for hydroxylation is 1. The first-order valence-electron chi connectivity index (χ1n) is 2.71. The molecule has 52 valence electrons. The van der Waals surface area contributed by atoms with Crippen LogP contribution in [0, 0.1) is 6.92 Å². The summed E-state index contributed by atoms with van der Waals surface area (Å²) in [6.07, 6.45) is 0. The summed E-state index contributed by atoms with van der Waals surface area (Å²) >= 11 is 0. The van der Waals surface area contributed by atoms with Gasteiger partial charge in [-0.1, -0.05) is 5.11 Å². The number of nitrogens with zero attached hydrogens (tertiary/aromatic N) is 5. The molecule has 1 aromatic heterocycles. The zero-order valence-corrected chi connectivity index (χ0v) is 5.44. The van der Waals surface area contributed by atoms with Gasteiger partial charge in [-0.25, -0.2) is 4.98 Å². The smallest absolute Gasteiger partial charge is 0.156 e. The third-order valence-corrected chi connectivity index (χ3v) is 0.919. The molecule has 0 spiro atoms. The van der Waals surface area contributed by atoms with E-state index < -0.39 is 0 Å². The van der Waals surface area contributed by atoms with Crippen molar-refractivity contribution in [1.29, 1.82) is 0 Å². The summed E-state index contributed by atoms with van der Waals surface area (Å²) in [5, 5.41) is 9.68. The van der Waals surface area contributed by atoms with Crippen molar-refractivity contribution in [1.82, 2.24) is 15.2 Å². The molecule has 0 fully saturated rings. The molecule has 0 bridgehead atoms. The number of hydrogen-bond acceptors (Lipinski definition) is 3. The molecule has 6 heteroatoms.